The number of amides is 1. The van der Waals surface area contributed by atoms with Crippen molar-refractivity contribution in [1.82, 2.24) is 14.9 Å². The van der Waals surface area contributed by atoms with E-state index in [1.807, 2.05) is 61.5 Å². The van der Waals surface area contributed by atoms with Crippen molar-refractivity contribution in [1.29, 1.82) is 0 Å². The van der Waals surface area contributed by atoms with Gasteiger partial charge in [0, 0.05) is 12.6 Å². The van der Waals surface area contributed by atoms with E-state index in [0.717, 1.165) is 22.4 Å². The summed E-state index contributed by atoms with van der Waals surface area (Å²) in [5, 5.41) is 3.06. The Kier molecular flexibility index (Phi) is 5.75. The van der Waals surface area contributed by atoms with E-state index in [2.05, 4.69) is 47.1 Å². The summed E-state index contributed by atoms with van der Waals surface area (Å²) >= 11 is 0. The van der Waals surface area contributed by atoms with E-state index in [9.17, 15) is 4.79 Å². The van der Waals surface area contributed by atoms with Gasteiger partial charge in [-0.15, -0.1) is 0 Å². The standard InChI is InChI=1S/C26H25N3O/c1-19-9-8-12-22(17-19)18-29-24-14-7-6-13-23(24)28-26(29)20(2)27-25(30)16-15-21-10-4-3-5-11-21/h3-17,20H,18H2,1-2H3,(H,27,30)/b16-15-. The van der Waals surface area contributed by atoms with Crippen LogP contribution >= 0.6 is 0 Å². The minimum Gasteiger partial charge on any atom is -0.343 e. The van der Waals surface area contributed by atoms with E-state index in [-0.39, 0.29) is 11.9 Å². The molecule has 0 saturated carbocycles. The quantitative estimate of drug-likeness (QED) is 0.451. The van der Waals surface area contributed by atoms with Crippen LogP contribution in [0.15, 0.2) is 84.9 Å². The fraction of sp³-hybridized carbons (Fsp3) is 0.154. The summed E-state index contributed by atoms with van der Waals surface area (Å²) in [6.45, 7) is 4.78. The van der Waals surface area contributed by atoms with Crippen LogP contribution in [0, 0.1) is 6.92 Å². The predicted molar refractivity (Wildman–Crippen MR) is 122 cm³/mol. The fourth-order valence-electron chi connectivity index (χ4n) is 3.65. The van der Waals surface area contributed by atoms with Crippen molar-refractivity contribution in [2.45, 2.75) is 26.4 Å². The first-order chi connectivity index (χ1) is 14.6. The number of para-hydroxylation sites is 2. The third-order valence-corrected chi connectivity index (χ3v) is 5.08. The summed E-state index contributed by atoms with van der Waals surface area (Å²) in [6.07, 6.45) is 3.39. The summed E-state index contributed by atoms with van der Waals surface area (Å²) in [4.78, 5) is 17.3. The zero-order valence-electron chi connectivity index (χ0n) is 17.2. The van der Waals surface area contributed by atoms with E-state index in [1.54, 1.807) is 6.08 Å². The maximum Gasteiger partial charge on any atom is 0.244 e. The Hall–Kier alpha value is -3.66. The molecule has 1 aromatic heterocycles. The molecule has 4 rings (SSSR count). The first kappa shape index (κ1) is 19.6. The fourth-order valence-corrected chi connectivity index (χ4v) is 3.65. The molecule has 0 aliphatic heterocycles. The Bertz CT molecular complexity index is 1190. The lowest BCUT2D eigenvalue weighted by atomic mass is 10.1. The molecule has 0 spiro atoms. The van der Waals surface area contributed by atoms with Crippen molar-refractivity contribution < 1.29 is 4.79 Å². The lowest BCUT2D eigenvalue weighted by Crippen LogP contribution is -2.27. The van der Waals surface area contributed by atoms with Crippen LogP contribution in [-0.4, -0.2) is 15.5 Å². The first-order valence-corrected chi connectivity index (χ1v) is 10.1. The van der Waals surface area contributed by atoms with Gasteiger partial charge in [0.2, 0.25) is 5.91 Å². The molecule has 1 atom stereocenters. The highest BCUT2D eigenvalue weighted by Crippen LogP contribution is 2.22. The molecule has 1 unspecified atom stereocenters. The van der Waals surface area contributed by atoms with Crippen molar-refractivity contribution in [3.05, 3.63) is 107 Å². The lowest BCUT2D eigenvalue weighted by Gasteiger charge is -2.16. The summed E-state index contributed by atoms with van der Waals surface area (Å²) in [5.74, 6) is 0.708. The van der Waals surface area contributed by atoms with Crippen molar-refractivity contribution in [2.24, 2.45) is 0 Å². The van der Waals surface area contributed by atoms with Crippen LogP contribution < -0.4 is 5.32 Å². The number of carbonyl (C=O) groups is 1. The topological polar surface area (TPSA) is 46.9 Å². The number of aryl methyl sites for hydroxylation is 1. The zero-order chi connectivity index (χ0) is 20.9. The van der Waals surface area contributed by atoms with Crippen LogP contribution in [0.2, 0.25) is 0 Å². The molecule has 4 heteroatoms. The molecule has 4 nitrogen and oxygen atoms in total. The monoisotopic (exact) mass is 395 g/mol. The molecule has 1 heterocycles. The van der Waals surface area contributed by atoms with Crippen LogP contribution in [0.5, 0.6) is 0 Å². The number of nitrogens with one attached hydrogen (secondary N) is 1. The summed E-state index contributed by atoms with van der Waals surface area (Å²) in [5.41, 5.74) is 5.43. The molecule has 3 aromatic carbocycles. The molecule has 1 N–H and O–H groups in total. The normalized spacial score (nSPS) is 12.3. The van der Waals surface area contributed by atoms with Crippen molar-refractivity contribution in [3.63, 3.8) is 0 Å². The molecule has 0 saturated heterocycles. The van der Waals surface area contributed by atoms with Gasteiger partial charge in [-0.2, -0.15) is 0 Å². The second-order valence-electron chi connectivity index (χ2n) is 7.51. The van der Waals surface area contributed by atoms with Crippen LogP contribution in [0.25, 0.3) is 17.1 Å². The Morgan fingerprint density at radius 3 is 2.60 bits per heavy atom. The van der Waals surface area contributed by atoms with E-state index in [4.69, 9.17) is 4.98 Å². The minimum absolute atomic E-state index is 0.138. The average Bonchev–Trinajstić information content (AvgIpc) is 3.12. The van der Waals surface area contributed by atoms with Gasteiger partial charge in [-0.05, 0) is 43.2 Å². The number of benzene rings is 3. The number of aromatic nitrogens is 2. The SMILES string of the molecule is Cc1cccc(Cn2c(C(C)NC(=O)/C=C\c3ccccc3)nc3ccccc32)c1. The molecule has 0 aliphatic rings. The van der Waals surface area contributed by atoms with Gasteiger partial charge >= 0.3 is 0 Å². The number of rotatable bonds is 6. The highest BCUT2D eigenvalue weighted by molar-refractivity contribution is 5.92. The minimum atomic E-state index is -0.227. The van der Waals surface area contributed by atoms with Crippen molar-refractivity contribution >= 4 is 23.0 Å². The van der Waals surface area contributed by atoms with E-state index in [1.165, 1.54) is 11.1 Å². The average molecular weight is 396 g/mol. The second-order valence-corrected chi connectivity index (χ2v) is 7.51. The molecule has 0 fully saturated rings. The predicted octanol–water partition coefficient (Wildman–Crippen LogP) is 5.28. The number of carbonyl (C=O) groups excluding carboxylic acids is 1. The van der Waals surface area contributed by atoms with Crippen molar-refractivity contribution in [3.8, 4) is 0 Å². The van der Waals surface area contributed by atoms with Crippen LogP contribution in [0.1, 0.15) is 35.5 Å². The molecular formula is C26H25N3O. The third kappa shape index (κ3) is 4.49. The molecule has 4 aromatic rings. The molecule has 0 aliphatic carbocycles. The highest BCUT2D eigenvalue weighted by atomic mass is 16.1. The van der Waals surface area contributed by atoms with Gasteiger partial charge < -0.3 is 9.88 Å². The molecule has 30 heavy (non-hydrogen) atoms. The van der Waals surface area contributed by atoms with Crippen LogP contribution in [-0.2, 0) is 11.3 Å². The van der Waals surface area contributed by atoms with E-state index >= 15 is 0 Å². The van der Waals surface area contributed by atoms with Crippen LogP contribution in [0.4, 0.5) is 0 Å². The second kappa shape index (κ2) is 8.78. The Labute approximate surface area is 176 Å². The molecular weight excluding hydrogens is 370 g/mol. The van der Waals surface area contributed by atoms with Crippen LogP contribution in [0.3, 0.4) is 0 Å². The maximum atomic E-state index is 12.5. The maximum absolute atomic E-state index is 12.5. The first-order valence-electron chi connectivity index (χ1n) is 10.1. The summed E-state index contributed by atoms with van der Waals surface area (Å²) in [6, 6.07) is 26.1. The molecule has 1 amide bonds. The number of hydrogen-bond acceptors (Lipinski definition) is 2. The lowest BCUT2D eigenvalue weighted by molar-refractivity contribution is -0.117. The number of hydrogen-bond donors (Lipinski definition) is 1. The van der Waals surface area contributed by atoms with Gasteiger partial charge in [0.25, 0.3) is 0 Å². The third-order valence-electron chi connectivity index (χ3n) is 5.08. The largest absolute Gasteiger partial charge is 0.343 e. The zero-order valence-corrected chi connectivity index (χ0v) is 17.2. The highest BCUT2D eigenvalue weighted by Gasteiger charge is 2.18. The molecule has 150 valence electrons. The number of imidazole rings is 1. The molecule has 0 radical (unpaired) electrons. The van der Waals surface area contributed by atoms with Crippen molar-refractivity contribution in [2.75, 3.05) is 0 Å². The van der Waals surface area contributed by atoms with E-state index in [0.29, 0.717) is 6.54 Å². The molecule has 0 bridgehead atoms. The van der Waals surface area contributed by atoms with Gasteiger partial charge in [-0.1, -0.05) is 72.3 Å². The number of fused-ring (bicyclic) bond motifs is 1. The van der Waals surface area contributed by atoms with Gasteiger partial charge in [-0.25, -0.2) is 4.98 Å². The smallest absolute Gasteiger partial charge is 0.244 e. The Morgan fingerprint density at radius 2 is 1.80 bits per heavy atom. The van der Waals surface area contributed by atoms with Gasteiger partial charge in [0.1, 0.15) is 5.82 Å². The Balaban J connectivity index is 1.59. The number of nitrogens with zero attached hydrogens (tertiary/aromatic N) is 2. The summed E-state index contributed by atoms with van der Waals surface area (Å²) < 4.78 is 2.19. The van der Waals surface area contributed by atoms with Gasteiger partial charge in [-0.3, -0.25) is 4.79 Å². The van der Waals surface area contributed by atoms with Gasteiger partial charge in [0.05, 0.1) is 17.1 Å². The summed E-state index contributed by atoms with van der Waals surface area (Å²) in [7, 11) is 0. The Morgan fingerprint density at radius 1 is 1.03 bits per heavy atom. The van der Waals surface area contributed by atoms with E-state index < -0.39 is 0 Å². The van der Waals surface area contributed by atoms with Gasteiger partial charge in [0.15, 0.2) is 0 Å².